The lowest BCUT2D eigenvalue weighted by molar-refractivity contribution is 0.0660. The van der Waals surface area contributed by atoms with Crippen molar-refractivity contribution in [2.24, 2.45) is 0 Å². The minimum Gasteiger partial charge on any atom is -0.497 e. The summed E-state index contributed by atoms with van der Waals surface area (Å²) >= 11 is 0. The van der Waals surface area contributed by atoms with E-state index < -0.39 is 0 Å². The molecule has 1 amide bonds. The van der Waals surface area contributed by atoms with Crippen molar-refractivity contribution >= 4 is 5.91 Å². The molecule has 0 spiro atoms. The van der Waals surface area contributed by atoms with Gasteiger partial charge in [0.15, 0.2) is 11.5 Å². The van der Waals surface area contributed by atoms with Crippen LogP contribution in [0.15, 0.2) is 59.1 Å². The molecule has 0 bridgehead atoms. The Hall–Kier alpha value is -3.19. The molecule has 1 aromatic heterocycles. The van der Waals surface area contributed by atoms with Gasteiger partial charge >= 0.3 is 0 Å². The van der Waals surface area contributed by atoms with Gasteiger partial charge in [0.05, 0.1) is 13.2 Å². The smallest absolute Gasteiger partial charge is 0.276 e. The number of likely N-dealkylation sites (tertiary alicyclic amines) is 1. The van der Waals surface area contributed by atoms with Crippen LogP contribution in [0.4, 0.5) is 4.39 Å². The fourth-order valence-electron chi connectivity index (χ4n) is 4.06. The molecule has 1 saturated heterocycles. The standard InChI is InChI=1S/C25H28FN3O3/c1-18(19-5-9-21(26)10-6-19)29(16-15-28-13-3-4-14-28)25(30)23-17-24(32-27-23)20-7-11-22(31-2)12-8-20/h5-12,17-18H,3-4,13-16H2,1-2H3. The van der Waals surface area contributed by atoms with E-state index in [-0.39, 0.29) is 23.5 Å². The molecule has 4 rings (SSSR count). The van der Waals surface area contributed by atoms with Crippen LogP contribution in [0, 0.1) is 5.82 Å². The van der Waals surface area contributed by atoms with Gasteiger partial charge in [0.25, 0.3) is 5.91 Å². The van der Waals surface area contributed by atoms with Gasteiger partial charge in [-0.2, -0.15) is 0 Å². The number of halogens is 1. The molecule has 1 atom stereocenters. The molecule has 6 nitrogen and oxygen atoms in total. The number of ether oxygens (including phenoxy) is 1. The summed E-state index contributed by atoms with van der Waals surface area (Å²) in [4.78, 5) is 17.6. The van der Waals surface area contributed by atoms with Crippen molar-refractivity contribution < 1.29 is 18.4 Å². The maximum atomic E-state index is 13.5. The fourth-order valence-corrected chi connectivity index (χ4v) is 4.06. The van der Waals surface area contributed by atoms with Crippen LogP contribution in [0.2, 0.25) is 0 Å². The lowest BCUT2D eigenvalue weighted by Crippen LogP contribution is -2.39. The van der Waals surface area contributed by atoms with Crippen LogP contribution in [0.25, 0.3) is 11.3 Å². The second kappa shape index (κ2) is 9.96. The van der Waals surface area contributed by atoms with Crippen molar-refractivity contribution in [1.82, 2.24) is 15.0 Å². The molecule has 3 aromatic rings. The molecule has 168 valence electrons. The van der Waals surface area contributed by atoms with Crippen LogP contribution >= 0.6 is 0 Å². The van der Waals surface area contributed by atoms with Crippen molar-refractivity contribution in [3.8, 4) is 17.1 Å². The van der Waals surface area contributed by atoms with E-state index >= 15 is 0 Å². The molecule has 1 aliphatic rings. The highest BCUT2D eigenvalue weighted by Crippen LogP contribution is 2.26. The summed E-state index contributed by atoms with van der Waals surface area (Å²) in [5, 5.41) is 4.05. The van der Waals surface area contributed by atoms with Gasteiger partial charge in [0.2, 0.25) is 0 Å². The lowest BCUT2D eigenvalue weighted by Gasteiger charge is -2.30. The van der Waals surface area contributed by atoms with Crippen LogP contribution in [0.3, 0.4) is 0 Å². The fraction of sp³-hybridized carbons (Fsp3) is 0.360. The second-order valence-corrected chi connectivity index (χ2v) is 8.08. The molecule has 2 heterocycles. The van der Waals surface area contributed by atoms with Crippen LogP contribution in [-0.4, -0.2) is 54.2 Å². The molecule has 1 unspecified atom stereocenters. The zero-order chi connectivity index (χ0) is 22.5. The van der Waals surface area contributed by atoms with Gasteiger partial charge in [-0.3, -0.25) is 4.79 Å². The third-order valence-electron chi connectivity index (χ3n) is 6.04. The van der Waals surface area contributed by atoms with Crippen molar-refractivity contribution in [2.75, 3.05) is 33.3 Å². The Bertz CT molecular complexity index is 1030. The molecule has 32 heavy (non-hydrogen) atoms. The van der Waals surface area contributed by atoms with Gasteiger partial charge in [-0.15, -0.1) is 0 Å². The Kier molecular flexibility index (Phi) is 6.85. The summed E-state index contributed by atoms with van der Waals surface area (Å²) < 4.78 is 24.1. The first kappa shape index (κ1) is 22.0. The Balaban J connectivity index is 1.55. The number of carbonyl (C=O) groups excluding carboxylic acids is 1. The Morgan fingerprint density at radius 2 is 1.84 bits per heavy atom. The SMILES string of the molecule is COc1ccc(-c2cc(C(=O)N(CCN3CCCC3)C(C)c3ccc(F)cc3)no2)cc1. The first-order chi connectivity index (χ1) is 15.5. The average Bonchev–Trinajstić information content (AvgIpc) is 3.52. The van der Waals surface area contributed by atoms with Crippen molar-refractivity contribution in [3.63, 3.8) is 0 Å². The first-order valence-corrected chi connectivity index (χ1v) is 10.9. The monoisotopic (exact) mass is 437 g/mol. The molecular weight excluding hydrogens is 409 g/mol. The van der Waals surface area contributed by atoms with E-state index in [1.54, 1.807) is 30.2 Å². The Morgan fingerprint density at radius 1 is 1.16 bits per heavy atom. The molecule has 0 aliphatic carbocycles. The third kappa shape index (κ3) is 4.99. The number of amides is 1. The number of rotatable bonds is 8. The van der Waals surface area contributed by atoms with Gasteiger partial charge in [0, 0.05) is 24.7 Å². The maximum absolute atomic E-state index is 13.5. The number of aromatic nitrogens is 1. The van der Waals surface area contributed by atoms with Gasteiger partial charge in [-0.25, -0.2) is 4.39 Å². The molecule has 0 radical (unpaired) electrons. The van der Waals surface area contributed by atoms with E-state index in [0.29, 0.717) is 12.3 Å². The summed E-state index contributed by atoms with van der Waals surface area (Å²) in [6.45, 7) is 5.42. The quantitative estimate of drug-likeness (QED) is 0.507. The second-order valence-electron chi connectivity index (χ2n) is 8.08. The zero-order valence-electron chi connectivity index (χ0n) is 18.5. The number of carbonyl (C=O) groups is 1. The minimum atomic E-state index is -0.295. The van der Waals surface area contributed by atoms with Crippen LogP contribution in [-0.2, 0) is 0 Å². The topological polar surface area (TPSA) is 58.8 Å². The third-order valence-corrected chi connectivity index (χ3v) is 6.04. The summed E-state index contributed by atoms with van der Waals surface area (Å²) in [7, 11) is 1.61. The van der Waals surface area contributed by atoms with Crippen molar-refractivity contribution in [1.29, 1.82) is 0 Å². The summed E-state index contributed by atoms with van der Waals surface area (Å²) in [5.41, 5.74) is 1.94. The highest BCUT2D eigenvalue weighted by molar-refractivity contribution is 5.93. The van der Waals surface area contributed by atoms with Crippen molar-refractivity contribution in [3.05, 3.63) is 71.7 Å². The van der Waals surface area contributed by atoms with Gasteiger partial charge < -0.3 is 19.1 Å². The van der Waals surface area contributed by atoms with E-state index in [0.717, 1.165) is 36.5 Å². The Morgan fingerprint density at radius 3 is 2.50 bits per heavy atom. The van der Waals surface area contributed by atoms with Crippen LogP contribution < -0.4 is 4.74 Å². The molecule has 7 heteroatoms. The lowest BCUT2D eigenvalue weighted by atomic mass is 10.1. The molecular formula is C25H28FN3O3. The van der Waals surface area contributed by atoms with Gasteiger partial charge in [0.1, 0.15) is 11.6 Å². The van der Waals surface area contributed by atoms with Gasteiger partial charge in [-0.05, 0) is 74.8 Å². The molecule has 0 N–H and O–H groups in total. The number of nitrogens with zero attached hydrogens (tertiary/aromatic N) is 3. The summed E-state index contributed by atoms with van der Waals surface area (Å²) in [6, 6.07) is 15.1. The number of methoxy groups -OCH3 is 1. The largest absolute Gasteiger partial charge is 0.497 e. The number of hydrogen-bond acceptors (Lipinski definition) is 5. The van der Waals surface area contributed by atoms with E-state index in [9.17, 15) is 9.18 Å². The highest BCUT2D eigenvalue weighted by Gasteiger charge is 2.27. The molecule has 2 aromatic carbocycles. The predicted octanol–water partition coefficient (Wildman–Crippen LogP) is 4.79. The molecule has 1 fully saturated rings. The summed E-state index contributed by atoms with van der Waals surface area (Å²) in [6.07, 6.45) is 2.38. The van der Waals surface area contributed by atoms with E-state index in [2.05, 4.69) is 10.1 Å². The Labute approximate surface area is 187 Å². The predicted molar refractivity (Wildman–Crippen MR) is 120 cm³/mol. The normalized spacial score (nSPS) is 15.0. The van der Waals surface area contributed by atoms with Crippen LogP contribution in [0.5, 0.6) is 5.75 Å². The molecule has 1 aliphatic heterocycles. The van der Waals surface area contributed by atoms with Crippen molar-refractivity contribution in [2.45, 2.75) is 25.8 Å². The van der Waals surface area contributed by atoms with E-state index in [1.165, 1.54) is 25.0 Å². The maximum Gasteiger partial charge on any atom is 0.276 e. The number of hydrogen-bond donors (Lipinski definition) is 0. The minimum absolute atomic E-state index is 0.204. The van der Waals surface area contributed by atoms with Gasteiger partial charge in [-0.1, -0.05) is 17.3 Å². The van der Waals surface area contributed by atoms with Crippen LogP contribution in [0.1, 0.15) is 41.9 Å². The van der Waals surface area contributed by atoms with E-state index in [1.807, 2.05) is 31.2 Å². The zero-order valence-corrected chi connectivity index (χ0v) is 18.5. The average molecular weight is 438 g/mol. The highest BCUT2D eigenvalue weighted by atomic mass is 19.1. The molecule has 0 saturated carbocycles. The summed E-state index contributed by atoms with van der Waals surface area (Å²) in [5.74, 6) is 0.761. The first-order valence-electron chi connectivity index (χ1n) is 10.9. The van der Waals surface area contributed by atoms with E-state index in [4.69, 9.17) is 9.26 Å². The number of benzene rings is 2.